The Hall–Kier alpha value is -1.06. The van der Waals surface area contributed by atoms with E-state index >= 15 is 0 Å². The zero-order valence-corrected chi connectivity index (χ0v) is 11.2. The number of alkyl halides is 1. The summed E-state index contributed by atoms with van der Waals surface area (Å²) in [7, 11) is 0. The Morgan fingerprint density at radius 3 is 2.78 bits per heavy atom. The summed E-state index contributed by atoms with van der Waals surface area (Å²) in [6.45, 7) is 3.32. The Kier molecular flexibility index (Phi) is 5.02. The highest BCUT2D eigenvalue weighted by Gasteiger charge is 2.26. The lowest BCUT2D eigenvalue weighted by Crippen LogP contribution is -2.28. The van der Waals surface area contributed by atoms with Crippen LogP contribution in [0.4, 0.5) is 0 Å². The van der Waals surface area contributed by atoms with E-state index in [9.17, 15) is 4.79 Å². The molecular weight excluding hydrogens is 248 g/mol. The molecule has 1 aromatic carbocycles. The first-order chi connectivity index (χ1) is 8.75. The molecule has 1 aromatic rings. The van der Waals surface area contributed by atoms with Crippen LogP contribution in [0.2, 0.25) is 0 Å². The maximum atomic E-state index is 11.5. The smallest absolute Gasteiger partial charge is 0.224 e. The van der Waals surface area contributed by atoms with Crippen LogP contribution >= 0.6 is 11.6 Å². The van der Waals surface area contributed by atoms with Crippen molar-refractivity contribution in [1.82, 2.24) is 10.2 Å². The fourth-order valence-corrected chi connectivity index (χ4v) is 2.46. The van der Waals surface area contributed by atoms with Crippen LogP contribution in [0.25, 0.3) is 0 Å². The van der Waals surface area contributed by atoms with Crippen molar-refractivity contribution in [3.63, 3.8) is 0 Å². The molecule has 3 nitrogen and oxygen atoms in total. The summed E-state index contributed by atoms with van der Waals surface area (Å²) in [5.74, 6) is 0.193. The van der Waals surface area contributed by atoms with Crippen molar-refractivity contribution in [3.05, 3.63) is 35.9 Å². The van der Waals surface area contributed by atoms with Gasteiger partial charge in [0.25, 0.3) is 0 Å². The van der Waals surface area contributed by atoms with Crippen molar-refractivity contribution < 1.29 is 4.79 Å². The third kappa shape index (κ3) is 4.00. The van der Waals surface area contributed by atoms with E-state index < -0.39 is 0 Å². The summed E-state index contributed by atoms with van der Waals surface area (Å²) in [6.07, 6.45) is 1.47. The number of halogens is 1. The van der Waals surface area contributed by atoms with E-state index in [2.05, 4.69) is 17.4 Å². The van der Waals surface area contributed by atoms with Gasteiger partial charge in [0.15, 0.2) is 0 Å². The summed E-state index contributed by atoms with van der Waals surface area (Å²) in [5, 5.41) is 3.39. The number of nitrogens with one attached hydrogen (secondary N) is 1. The standard InChI is InChI=1S/C14H19ClN2O/c15-13-9-14(18)17(11-13)8-4-7-16-10-12-5-2-1-3-6-12/h1-3,5-6,13,16H,4,7-11H2. The average Bonchev–Trinajstić information content (AvgIpc) is 2.69. The van der Waals surface area contributed by atoms with Crippen LogP contribution in [-0.4, -0.2) is 35.8 Å². The Morgan fingerprint density at radius 2 is 2.11 bits per heavy atom. The minimum atomic E-state index is 0.00905. The molecule has 0 bridgehead atoms. The van der Waals surface area contributed by atoms with E-state index in [1.807, 2.05) is 23.1 Å². The van der Waals surface area contributed by atoms with Crippen LogP contribution in [0.3, 0.4) is 0 Å². The van der Waals surface area contributed by atoms with Gasteiger partial charge in [-0.25, -0.2) is 0 Å². The molecule has 4 heteroatoms. The molecule has 1 unspecified atom stereocenters. The monoisotopic (exact) mass is 266 g/mol. The topological polar surface area (TPSA) is 32.3 Å². The normalized spacial score (nSPS) is 19.5. The Balaban J connectivity index is 1.58. The number of carbonyl (C=O) groups excluding carboxylic acids is 1. The number of amides is 1. The number of hydrogen-bond acceptors (Lipinski definition) is 2. The summed E-state index contributed by atoms with van der Waals surface area (Å²) in [6, 6.07) is 10.3. The predicted octanol–water partition coefficient (Wildman–Crippen LogP) is 2.01. The minimum absolute atomic E-state index is 0.00905. The second-order valence-electron chi connectivity index (χ2n) is 4.66. The fraction of sp³-hybridized carbons (Fsp3) is 0.500. The largest absolute Gasteiger partial charge is 0.341 e. The van der Waals surface area contributed by atoms with E-state index in [0.717, 1.165) is 26.1 Å². The Labute approximate surface area is 113 Å². The molecule has 1 saturated heterocycles. The summed E-state index contributed by atoms with van der Waals surface area (Å²) >= 11 is 5.94. The zero-order chi connectivity index (χ0) is 12.8. The van der Waals surface area contributed by atoms with Gasteiger partial charge >= 0.3 is 0 Å². The summed E-state index contributed by atoms with van der Waals surface area (Å²) in [5.41, 5.74) is 1.29. The molecule has 0 aliphatic carbocycles. The molecule has 1 amide bonds. The second-order valence-corrected chi connectivity index (χ2v) is 5.27. The number of hydrogen-bond donors (Lipinski definition) is 1. The molecule has 1 aliphatic rings. The van der Waals surface area contributed by atoms with Gasteiger partial charge < -0.3 is 10.2 Å². The van der Waals surface area contributed by atoms with Gasteiger partial charge in [0.2, 0.25) is 5.91 Å². The molecule has 1 atom stereocenters. The highest BCUT2D eigenvalue weighted by Crippen LogP contribution is 2.15. The van der Waals surface area contributed by atoms with Crippen molar-refractivity contribution in [2.75, 3.05) is 19.6 Å². The summed E-state index contributed by atoms with van der Waals surface area (Å²) in [4.78, 5) is 13.4. The van der Waals surface area contributed by atoms with E-state index in [1.165, 1.54) is 5.56 Å². The van der Waals surface area contributed by atoms with E-state index in [-0.39, 0.29) is 11.3 Å². The van der Waals surface area contributed by atoms with Crippen molar-refractivity contribution in [2.24, 2.45) is 0 Å². The first kappa shape index (κ1) is 13.4. The molecule has 0 radical (unpaired) electrons. The number of rotatable bonds is 6. The van der Waals surface area contributed by atoms with Crippen molar-refractivity contribution in [3.8, 4) is 0 Å². The maximum Gasteiger partial charge on any atom is 0.224 e. The lowest BCUT2D eigenvalue weighted by atomic mass is 10.2. The van der Waals surface area contributed by atoms with E-state index in [0.29, 0.717) is 13.0 Å². The van der Waals surface area contributed by atoms with Crippen molar-refractivity contribution >= 4 is 17.5 Å². The minimum Gasteiger partial charge on any atom is -0.341 e. The first-order valence-corrected chi connectivity index (χ1v) is 6.86. The van der Waals surface area contributed by atoms with Crippen LogP contribution < -0.4 is 5.32 Å². The third-order valence-corrected chi connectivity index (χ3v) is 3.41. The Bertz CT molecular complexity index is 383. The molecule has 0 saturated carbocycles. The van der Waals surface area contributed by atoms with Gasteiger partial charge in [-0.15, -0.1) is 11.6 Å². The molecule has 0 aromatic heterocycles. The first-order valence-electron chi connectivity index (χ1n) is 6.42. The zero-order valence-electron chi connectivity index (χ0n) is 10.4. The van der Waals surface area contributed by atoms with Gasteiger partial charge in [0.1, 0.15) is 0 Å². The average molecular weight is 267 g/mol. The van der Waals surface area contributed by atoms with Gasteiger partial charge in [-0.2, -0.15) is 0 Å². The molecule has 18 heavy (non-hydrogen) atoms. The van der Waals surface area contributed by atoms with Gasteiger partial charge in [-0.3, -0.25) is 4.79 Å². The van der Waals surface area contributed by atoms with E-state index in [1.54, 1.807) is 0 Å². The fourth-order valence-electron chi connectivity index (χ4n) is 2.16. The summed E-state index contributed by atoms with van der Waals surface area (Å²) < 4.78 is 0. The molecule has 1 N–H and O–H groups in total. The third-order valence-electron chi connectivity index (χ3n) is 3.12. The van der Waals surface area contributed by atoms with Crippen molar-refractivity contribution in [2.45, 2.75) is 24.8 Å². The van der Waals surface area contributed by atoms with Crippen molar-refractivity contribution in [1.29, 1.82) is 0 Å². The molecule has 1 heterocycles. The van der Waals surface area contributed by atoms with Gasteiger partial charge in [-0.05, 0) is 18.5 Å². The van der Waals surface area contributed by atoms with E-state index in [4.69, 9.17) is 11.6 Å². The quantitative estimate of drug-likeness (QED) is 0.631. The molecule has 1 fully saturated rings. The lowest BCUT2D eigenvalue weighted by Gasteiger charge is -2.15. The lowest BCUT2D eigenvalue weighted by molar-refractivity contribution is -0.127. The number of benzene rings is 1. The molecule has 1 aliphatic heterocycles. The van der Waals surface area contributed by atoms with Gasteiger partial charge in [-0.1, -0.05) is 30.3 Å². The molecule has 0 spiro atoms. The van der Waals surface area contributed by atoms with Gasteiger partial charge in [0, 0.05) is 26.1 Å². The Morgan fingerprint density at radius 1 is 1.33 bits per heavy atom. The highest BCUT2D eigenvalue weighted by molar-refractivity contribution is 6.22. The van der Waals surface area contributed by atoms with Crippen LogP contribution in [0.1, 0.15) is 18.4 Å². The highest BCUT2D eigenvalue weighted by atomic mass is 35.5. The number of nitrogens with zero attached hydrogens (tertiary/aromatic N) is 1. The number of likely N-dealkylation sites (tertiary alicyclic amines) is 1. The maximum absolute atomic E-state index is 11.5. The van der Waals surface area contributed by atoms with Crippen LogP contribution in [0.5, 0.6) is 0 Å². The van der Waals surface area contributed by atoms with Crippen LogP contribution in [-0.2, 0) is 11.3 Å². The second kappa shape index (κ2) is 6.76. The number of carbonyl (C=O) groups is 1. The molecular formula is C14H19ClN2O. The molecule has 98 valence electrons. The van der Waals surface area contributed by atoms with Crippen LogP contribution in [0, 0.1) is 0 Å². The molecule has 2 rings (SSSR count). The van der Waals surface area contributed by atoms with Crippen LogP contribution in [0.15, 0.2) is 30.3 Å². The van der Waals surface area contributed by atoms with Gasteiger partial charge in [0.05, 0.1) is 5.38 Å². The predicted molar refractivity (Wildman–Crippen MR) is 73.6 cm³/mol. The SMILES string of the molecule is O=C1CC(Cl)CN1CCCNCc1ccccc1.